The standard InChI is InChI=1S/C19H22N4O3S/c1-5-26-18(25)13-11(4)21-16-15(14(13)12-6-8-20-9-7-12)17(24)23-19(22-16)27-10(2)3/h6-10,14H,5H2,1-4H3,(H2,21,22,23,24)/t14-/m0/s1. The second kappa shape index (κ2) is 7.96. The van der Waals surface area contributed by atoms with E-state index in [-0.39, 0.29) is 17.4 Å². The van der Waals surface area contributed by atoms with E-state index in [4.69, 9.17) is 4.74 Å². The summed E-state index contributed by atoms with van der Waals surface area (Å²) in [6.07, 6.45) is 3.28. The summed E-state index contributed by atoms with van der Waals surface area (Å²) in [5, 5.41) is 3.94. The highest BCUT2D eigenvalue weighted by molar-refractivity contribution is 7.99. The third-order valence-corrected chi connectivity index (χ3v) is 4.99. The van der Waals surface area contributed by atoms with Gasteiger partial charge in [0, 0.05) is 23.3 Å². The lowest BCUT2D eigenvalue weighted by molar-refractivity contribution is -0.138. The molecule has 1 aliphatic rings. The summed E-state index contributed by atoms with van der Waals surface area (Å²) in [6, 6.07) is 3.59. The van der Waals surface area contributed by atoms with Crippen molar-refractivity contribution in [3.05, 3.63) is 57.3 Å². The molecule has 27 heavy (non-hydrogen) atoms. The van der Waals surface area contributed by atoms with Gasteiger partial charge < -0.3 is 15.0 Å². The maximum atomic E-state index is 12.9. The van der Waals surface area contributed by atoms with Crippen molar-refractivity contribution < 1.29 is 9.53 Å². The number of aromatic nitrogens is 3. The Hall–Kier alpha value is -2.61. The highest BCUT2D eigenvalue weighted by Gasteiger charge is 2.36. The first-order valence-electron chi connectivity index (χ1n) is 8.78. The fraction of sp³-hybridized carbons (Fsp3) is 0.368. The Morgan fingerprint density at radius 1 is 1.33 bits per heavy atom. The van der Waals surface area contributed by atoms with Gasteiger partial charge in [-0.15, -0.1) is 0 Å². The van der Waals surface area contributed by atoms with Crippen LogP contribution in [0.2, 0.25) is 0 Å². The van der Waals surface area contributed by atoms with E-state index in [1.165, 1.54) is 11.8 Å². The maximum Gasteiger partial charge on any atom is 0.336 e. The van der Waals surface area contributed by atoms with Crippen molar-refractivity contribution in [1.82, 2.24) is 15.0 Å². The van der Waals surface area contributed by atoms with E-state index < -0.39 is 11.9 Å². The highest BCUT2D eigenvalue weighted by atomic mass is 32.2. The lowest BCUT2D eigenvalue weighted by Crippen LogP contribution is -2.31. The molecule has 0 saturated heterocycles. The third kappa shape index (κ3) is 3.90. The summed E-state index contributed by atoms with van der Waals surface area (Å²) < 4.78 is 5.25. The number of pyridine rings is 1. The molecule has 0 unspecified atom stereocenters. The van der Waals surface area contributed by atoms with Gasteiger partial charge in [-0.1, -0.05) is 25.6 Å². The molecule has 0 spiro atoms. The number of fused-ring (bicyclic) bond motifs is 1. The SMILES string of the molecule is CCOC(=O)C1=C(C)Nc2nc(SC(C)C)[nH]c(=O)c2[C@H]1c1ccncc1. The number of H-pyrrole nitrogens is 1. The number of anilines is 1. The zero-order valence-electron chi connectivity index (χ0n) is 15.7. The average molecular weight is 386 g/mol. The van der Waals surface area contributed by atoms with E-state index >= 15 is 0 Å². The number of ether oxygens (including phenoxy) is 1. The van der Waals surface area contributed by atoms with E-state index in [1.807, 2.05) is 13.8 Å². The van der Waals surface area contributed by atoms with Gasteiger partial charge in [0.1, 0.15) is 5.82 Å². The smallest absolute Gasteiger partial charge is 0.336 e. The minimum absolute atomic E-state index is 0.254. The van der Waals surface area contributed by atoms with Crippen LogP contribution in [0.1, 0.15) is 44.7 Å². The average Bonchev–Trinajstić information content (AvgIpc) is 2.60. The van der Waals surface area contributed by atoms with E-state index in [0.29, 0.717) is 27.8 Å². The molecule has 7 nitrogen and oxygen atoms in total. The number of nitrogens with zero attached hydrogens (tertiary/aromatic N) is 2. The molecule has 2 aromatic rings. The van der Waals surface area contributed by atoms with Gasteiger partial charge in [-0.2, -0.15) is 0 Å². The second-order valence-corrected chi connectivity index (χ2v) is 7.96. The Morgan fingerprint density at radius 3 is 2.67 bits per heavy atom. The fourth-order valence-corrected chi connectivity index (χ4v) is 3.82. The quantitative estimate of drug-likeness (QED) is 0.463. The summed E-state index contributed by atoms with van der Waals surface area (Å²) in [5.74, 6) is -0.554. The van der Waals surface area contributed by atoms with Crippen LogP contribution in [0.5, 0.6) is 0 Å². The molecule has 1 aliphatic heterocycles. The molecule has 3 heterocycles. The van der Waals surface area contributed by atoms with Gasteiger partial charge >= 0.3 is 5.97 Å². The molecule has 0 aromatic carbocycles. The molecule has 142 valence electrons. The van der Waals surface area contributed by atoms with Crippen LogP contribution in [0.15, 0.2) is 45.7 Å². The first-order valence-corrected chi connectivity index (χ1v) is 9.66. The lowest BCUT2D eigenvalue weighted by Gasteiger charge is -2.28. The minimum Gasteiger partial charge on any atom is -0.463 e. The number of thioether (sulfide) groups is 1. The molecule has 0 saturated carbocycles. The Morgan fingerprint density at radius 2 is 2.04 bits per heavy atom. The number of rotatable bonds is 5. The molecule has 0 aliphatic carbocycles. The Kier molecular flexibility index (Phi) is 5.65. The van der Waals surface area contributed by atoms with Gasteiger partial charge in [-0.05, 0) is 31.5 Å². The van der Waals surface area contributed by atoms with E-state index in [2.05, 4.69) is 20.3 Å². The minimum atomic E-state index is -0.572. The Balaban J connectivity index is 2.20. The number of esters is 1. The van der Waals surface area contributed by atoms with Crippen LogP contribution in [-0.4, -0.2) is 32.8 Å². The zero-order chi connectivity index (χ0) is 19.6. The molecular formula is C19H22N4O3S. The predicted octanol–water partition coefficient (Wildman–Crippen LogP) is 3.06. The van der Waals surface area contributed by atoms with Gasteiger partial charge in [0.05, 0.1) is 23.7 Å². The number of nitrogens with one attached hydrogen (secondary N) is 2. The largest absolute Gasteiger partial charge is 0.463 e. The van der Waals surface area contributed by atoms with Crippen LogP contribution in [0.3, 0.4) is 0 Å². The van der Waals surface area contributed by atoms with Gasteiger partial charge in [0.2, 0.25) is 0 Å². The van der Waals surface area contributed by atoms with Crippen LogP contribution < -0.4 is 10.9 Å². The first-order chi connectivity index (χ1) is 12.9. The van der Waals surface area contributed by atoms with Crippen molar-refractivity contribution in [2.24, 2.45) is 0 Å². The maximum absolute atomic E-state index is 12.9. The van der Waals surface area contributed by atoms with E-state index in [1.54, 1.807) is 38.4 Å². The Bertz CT molecular complexity index is 938. The van der Waals surface area contributed by atoms with Crippen molar-refractivity contribution >= 4 is 23.5 Å². The van der Waals surface area contributed by atoms with E-state index in [0.717, 1.165) is 5.56 Å². The molecule has 0 radical (unpaired) electrons. The monoisotopic (exact) mass is 386 g/mol. The molecular weight excluding hydrogens is 364 g/mol. The van der Waals surface area contributed by atoms with Crippen molar-refractivity contribution in [1.29, 1.82) is 0 Å². The topological polar surface area (TPSA) is 97.0 Å². The normalized spacial score (nSPS) is 16.1. The van der Waals surface area contributed by atoms with Crippen LogP contribution in [0.25, 0.3) is 0 Å². The molecule has 1 atom stereocenters. The van der Waals surface area contributed by atoms with Crippen LogP contribution in [0.4, 0.5) is 5.82 Å². The van der Waals surface area contributed by atoms with Crippen molar-refractivity contribution in [3.8, 4) is 0 Å². The van der Waals surface area contributed by atoms with Crippen molar-refractivity contribution in [3.63, 3.8) is 0 Å². The van der Waals surface area contributed by atoms with Gasteiger partial charge in [-0.3, -0.25) is 9.78 Å². The summed E-state index contributed by atoms with van der Waals surface area (Å²) in [6.45, 7) is 7.86. The molecule has 2 aromatic heterocycles. The predicted molar refractivity (Wildman–Crippen MR) is 105 cm³/mol. The van der Waals surface area contributed by atoms with Gasteiger partial charge in [0.15, 0.2) is 5.16 Å². The van der Waals surface area contributed by atoms with Crippen LogP contribution in [0, 0.1) is 0 Å². The third-order valence-electron chi connectivity index (χ3n) is 4.10. The lowest BCUT2D eigenvalue weighted by atomic mass is 9.83. The molecule has 0 bridgehead atoms. The molecule has 0 fully saturated rings. The van der Waals surface area contributed by atoms with Crippen molar-refractivity contribution in [2.75, 3.05) is 11.9 Å². The highest BCUT2D eigenvalue weighted by Crippen LogP contribution is 2.40. The molecule has 3 rings (SSSR count). The number of carbonyl (C=O) groups is 1. The van der Waals surface area contributed by atoms with Crippen LogP contribution in [-0.2, 0) is 9.53 Å². The molecule has 2 N–H and O–H groups in total. The summed E-state index contributed by atoms with van der Waals surface area (Å²) in [5.41, 5.74) is 1.95. The van der Waals surface area contributed by atoms with Crippen LogP contribution >= 0.6 is 11.8 Å². The van der Waals surface area contributed by atoms with Gasteiger partial charge in [-0.25, -0.2) is 9.78 Å². The van der Waals surface area contributed by atoms with E-state index in [9.17, 15) is 9.59 Å². The second-order valence-electron chi connectivity index (χ2n) is 6.40. The van der Waals surface area contributed by atoms with Crippen molar-refractivity contribution in [2.45, 2.75) is 44.0 Å². The fourth-order valence-electron chi connectivity index (χ4n) is 3.08. The molecule has 8 heteroatoms. The molecule has 0 amide bonds. The number of aromatic amines is 1. The number of hydrogen-bond acceptors (Lipinski definition) is 7. The van der Waals surface area contributed by atoms with Gasteiger partial charge in [0.25, 0.3) is 5.56 Å². The summed E-state index contributed by atoms with van der Waals surface area (Å²) >= 11 is 1.47. The number of allylic oxidation sites excluding steroid dienone is 1. The number of hydrogen-bond donors (Lipinski definition) is 2. The summed E-state index contributed by atoms with van der Waals surface area (Å²) in [4.78, 5) is 37.0. The Labute approximate surface area is 161 Å². The zero-order valence-corrected chi connectivity index (χ0v) is 16.5. The first kappa shape index (κ1) is 19.2. The number of carbonyl (C=O) groups excluding carboxylic acids is 1. The summed E-state index contributed by atoms with van der Waals surface area (Å²) in [7, 11) is 0.